The van der Waals surface area contributed by atoms with Crippen molar-refractivity contribution >= 4 is 37.8 Å². The fourth-order valence-electron chi connectivity index (χ4n) is 3.47. The monoisotopic (exact) mass is 534 g/mol. The second-order valence-electron chi connectivity index (χ2n) is 7.36. The van der Waals surface area contributed by atoms with E-state index in [1.807, 2.05) is 13.8 Å². The van der Waals surface area contributed by atoms with Gasteiger partial charge in [-0.15, -0.1) is 0 Å². The number of hydrogen-bond acceptors (Lipinski definition) is 2. The van der Waals surface area contributed by atoms with E-state index in [1.54, 1.807) is 12.1 Å². The van der Waals surface area contributed by atoms with Gasteiger partial charge in [-0.1, -0.05) is 50.3 Å². The predicted molar refractivity (Wildman–Crippen MR) is 108 cm³/mol. The van der Waals surface area contributed by atoms with Crippen molar-refractivity contribution in [2.45, 2.75) is 20.5 Å². The maximum Gasteiger partial charge on any atom is 0.310 e. The van der Waals surface area contributed by atoms with Crippen molar-refractivity contribution in [2.24, 2.45) is 17.3 Å². The highest BCUT2D eigenvalue weighted by molar-refractivity contribution is 9.28. The smallest absolute Gasteiger partial charge is 0.310 e. The molecule has 3 rings (SSSR count). The van der Waals surface area contributed by atoms with Crippen molar-refractivity contribution in [3.63, 3.8) is 0 Å². The van der Waals surface area contributed by atoms with E-state index in [9.17, 15) is 22.4 Å². The molecule has 8 heteroatoms. The molecule has 0 unspecified atom stereocenters. The van der Waals surface area contributed by atoms with Gasteiger partial charge in [0.1, 0.15) is 12.4 Å². The number of ether oxygens (including phenoxy) is 1. The lowest BCUT2D eigenvalue weighted by Gasteiger charge is -2.13. The Morgan fingerprint density at radius 3 is 2.24 bits per heavy atom. The van der Waals surface area contributed by atoms with Crippen molar-refractivity contribution in [3.05, 3.63) is 68.6 Å². The Labute approximate surface area is 182 Å². The first kappa shape index (κ1) is 22.0. The number of carbonyl (C=O) groups excluding carboxylic acids is 1. The molecule has 0 radical (unpaired) electrons. The van der Waals surface area contributed by atoms with Crippen molar-refractivity contribution < 1.29 is 27.1 Å². The number of allylic oxidation sites excluding steroid dienone is 1. The van der Waals surface area contributed by atoms with Crippen molar-refractivity contribution in [2.75, 3.05) is 0 Å². The molecule has 0 saturated heterocycles. The normalized spacial score (nSPS) is 19.6. The Morgan fingerprint density at radius 1 is 1.03 bits per heavy atom. The van der Waals surface area contributed by atoms with Crippen molar-refractivity contribution in [1.82, 2.24) is 0 Å². The summed E-state index contributed by atoms with van der Waals surface area (Å²) >= 11 is 6.46. The summed E-state index contributed by atoms with van der Waals surface area (Å²) in [5, 5.41) is 0. The predicted octanol–water partition coefficient (Wildman–Crippen LogP) is 6.86. The van der Waals surface area contributed by atoms with Crippen LogP contribution in [0.25, 0.3) is 11.1 Å². The average Bonchev–Trinajstić information content (AvgIpc) is 3.20. The highest BCUT2D eigenvalue weighted by Crippen LogP contribution is 2.60. The van der Waals surface area contributed by atoms with Gasteiger partial charge in [-0.3, -0.25) is 4.79 Å². The highest BCUT2D eigenvalue weighted by atomic mass is 79.9. The van der Waals surface area contributed by atoms with Crippen molar-refractivity contribution in [1.29, 1.82) is 0 Å². The third-order valence-electron chi connectivity index (χ3n) is 5.25. The first-order valence-electron chi connectivity index (χ1n) is 8.67. The van der Waals surface area contributed by atoms with E-state index in [4.69, 9.17) is 4.74 Å². The van der Waals surface area contributed by atoms with Crippen LogP contribution in [0.2, 0.25) is 0 Å². The fraction of sp³-hybridized carbons (Fsp3) is 0.286. The quantitative estimate of drug-likeness (QED) is 0.181. The molecule has 2 aromatic rings. The number of esters is 1. The summed E-state index contributed by atoms with van der Waals surface area (Å²) in [6, 6.07) is 7.39. The van der Waals surface area contributed by atoms with Gasteiger partial charge in [-0.05, 0) is 48.8 Å². The number of carbonyl (C=O) groups is 1. The Bertz CT molecular complexity index is 986. The molecule has 1 aliphatic rings. The number of rotatable bonds is 5. The molecule has 2 nitrogen and oxygen atoms in total. The van der Waals surface area contributed by atoms with E-state index in [0.717, 1.165) is 0 Å². The maximum absolute atomic E-state index is 14.9. The van der Waals surface area contributed by atoms with Gasteiger partial charge >= 0.3 is 5.97 Å². The molecule has 0 bridgehead atoms. The largest absolute Gasteiger partial charge is 0.460 e. The third kappa shape index (κ3) is 4.14. The molecule has 0 aromatic heterocycles. The summed E-state index contributed by atoms with van der Waals surface area (Å²) in [5.74, 6) is -7.76. The molecule has 0 spiro atoms. The van der Waals surface area contributed by atoms with Gasteiger partial charge in [0.05, 0.1) is 20.4 Å². The lowest BCUT2D eigenvalue weighted by atomic mass is 10.0. The van der Waals surface area contributed by atoms with E-state index >= 15 is 0 Å². The van der Waals surface area contributed by atoms with Gasteiger partial charge in [0.2, 0.25) is 0 Å². The highest BCUT2D eigenvalue weighted by Gasteiger charge is 2.61. The zero-order valence-corrected chi connectivity index (χ0v) is 18.6. The standard InChI is InChI=1S/C21H16Br2F4O2/c1-21(2)12(8-13(22)23)15(21)20(28)29-9-11-16(24)14(10-6-4-3-5-7-10)18(26)19(27)17(11)25/h3-8,12,15H,9H2,1-2H3/t12-,15+/m0/s1. The SMILES string of the molecule is CC1(C)[C@@H](C=C(Br)Br)[C@@H]1C(=O)OCc1c(F)c(F)c(F)c(-c2ccccc2)c1F. The Balaban J connectivity index is 1.88. The number of halogens is 6. The number of hydrogen-bond donors (Lipinski definition) is 0. The lowest BCUT2D eigenvalue weighted by molar-refractivity contribution is -0.147. The third-order valence-corrected chi connectivity index (χ3v) is 5.77. The fourth-order valence-corrected chi connectivity index (χ4v) is 4.04. The van der Waals surface area contributed by atoms with Crippen LogP contribution in [0.4, 0.5) is 17.6 Å². The summed E-state index contributed by atoms with van der Waals surface area (Å²) in [4.78, 5) is 12.4. The molecule has 2 atom stereocenters. The topological polar surface area (TPSA) is 26.3 Å². The first-order valence-corrected chi connectivity index (χ1v) is 10.3. The summed E-state index contributed by atoms with van der Waals surface area (Å²) in [5.41, 5.74) is -1.89. The van der Waals surface area contributed by atoms with E-state index in [1.165, 1.54) is 24.3 Å². The van der Waals surface area contributed by atoms with Gasteiger partial charge < -0.3 is 4.74 Å². The van der Waals surface area contributed by atoms with Crippen LogP contribution in [0.15, 0.2) is 39.8 Å². The minimum Gasteiger partial charge on any atom is -0.460 e. The maximum atomic E-state index is 14.9. The molecule has 0 aliphatic heterocycles. The van der Waals surface area contributed by atoms with E-state index in [0.29, 0.717) is 3.39 Å². The van der Waals surface area contributed by atoms with Crippen LogP contribution >= 0.6 is 31.9 Å². The zero-order valence-electron chi connectivity index (χ0n) is 15.4. The van der Waals surface area contributed by atoms with Gasteiger partial charge in [0.15, 0.2) is 17.5 Å². The van der Waals surface area contributed by atoms with Crippen LogP contribution in [-0.2, 0) is 16.1 Å². The second-order valence-corrected chi connectivity index (χ2v) is 10.1. The van der Waals surface area contributed by atoms with Crippen LogP contribution in [0, 0.1) is 40.5 Å². The summed E-state index contributed by atoms with van der Waals surface area (Å²) < 4.78 is 63.1. The van der Waals surface area contributed by atoms with E-state index in [2.05, 4.69) is 31.9 Å². The minimum absolute atomic E-state index is 0.0460. The molecule has 154 valence electrons. The minimum atomic E-state index is -1.81. The lowest BCUT2D eigenvalue weighted by Crippen LogP contribution is -2.14. The number of benzene rings is 2. The molecular formula is C21H16Br2F4O2. The molecule has 0 heterocycles. The molecule has 2 aromatic carbocycles. The first-order chi connectivity index (χ1) is 13.6. The second kappa shape index (κ2) is 8.22. The molecule has 1 aliphatic carbocycles. The Kier molecular flexibility index (Phi) is 6.24. The van der Waals surface area contributed by atoms with Gasteiger partial charge in [-0.2, -0.15) is 0 Å². The van der Waals surface area contributed by atoms with Crippen LogP contribution in [0.1, 0.15) is 19.4 Å². The van der Waals surface area contributed by atoms with Crippen LogP contribution in [-0.4, -0.2) is 5.97 Å². The van der Waals surface area contributed by atoms with Gasteiger partial charge in [0, 0.05) is 0 Å². The van der Waals surface area contributed by atoms with E-state index in [-0.39, 0.29) is 11.5 Å². The van der Waals surface area contributed by atoms with Crippen molar-refractivity contribution in [3.8, 4) is 11.1 Å². The molecule has 1 fully saturated rings. The van der Waals surface area contributed by atoms with Gasteiger partial charge in [-0.25, -0.2) is 17.6 Å². The summed E-state index contributed by atoms with van der Waals surface area (Å²) in [6.07, 6.45) is 1.79. The molecule has 0 N–H and O–H groups in total. The Morgan fingerprint density at radius 2 is 1.66 bits per heavy atom. The molecule has 0 amide bonds. The van der Waals surface area contributed by atoms with Gasteiger partial charge in [0.25, 0.3) is 0 Å². The van der Waals surface area contributed by atoms with Crippen LogP contribution in [0.3, 0.4) is 0 Å². The average molecular weight is 536 g/mol. The molecular weight excluding hydrogens is 520 g/mol. The summed E-state index contributed by atoms with van der Waals surface area (Å²) in [7, 11) is 0. The molecule has 29 heavy (non-hydrogen) atoms. The Hall–Kier alpha value is -1.67. The summed E-state index contributed by atoms with van der Waals surface area (Å²) in [6.45, 7) is 2.87. The van der Waals surface area contributed by atoms with Crippen LogP contribution < -0.4 is 0 Å². The zero-order chi connectivity index (χ0) is 21.5. The van der Waals surface area contributed by atoms with E-state index < -0.39 is 58.3 Å². The molecule has 1 saturated carbocycles. The van der Waals surface area contributed by atoms with Crippen LogP contribution in [0.5, 0.6) is 0 Å².